The van der Waals surface area contributed by atoms with Crippen molar-refractivity contribution in [2.24, 2.45) is 23.2 Å². The van der Waals surface area contributed by atoms with E-state index >= 15 is 0 Å². The third-order valence-electron chi connectivity index (χ3n) is 7.64. The van der Waals surface area contributed by atoms with Crippen molar-refractivity contribution in [3.8, 4) is 0 Å². The fourth-order valence-electron chi connectivity index (χ4n) is 6.75. The molecule has 0 unspecified atom stereocenters. The monoisotopic (exact) mass is 497 g/mol. The van der Waals surface area contributed by atoms with E-state index in [0.29, 0.717) is 29.1 Å². The summed E-state index contributed by atoms with van der Waals surface area (Å²) in [6.45, 7) is 3.85. The van der Waals surface area contributed by atoms with Gasteiger partial charge in [0.1, 0.15) is 0 Å². The van der Waals surface area contributed by atoms with Crippen molar-refractivity contribution in [2.45, 2.75) is 57.3 Å². The van der Waals surface area contributed by atoms with Crippen LogP contribution in [0, 0.1) is 37.0 Å². The standard InChI is InChI=1S/C26H31N3O3S2/c1-16-7-17(2)9-22(8-16)29-34(31,32)23-5-3-21(4-6-23)27-25(33)28-24(30)26-13-18-10-19(14-26)12-20(11-18)15-26/h3-9,18-20,29H,10-15H2,1-2H3,(H2,27,28,30,33). The molecule has 0 aromatic heterocycles. The van der Waals surface area contributed by atoms with Gasteiger partial charge in [-0.05, 0) is 130 Å². The van der Waals surface area contributed by atoms with Crippen LogP contribution in [0.4, 0.5) is 11.4 Å². The van der Waals surface area contributed by atoms with Gasteiger partial charge in [-0.25, -0.2) is 8.42 Å². The van der Waals surface area contributed by atoms with Crippen molar-refractivity contribution in [3.63, 3.8) is 0 Å². The van der Waals surface area contributed by atoms with E-state index in [1.165, 1.54) is 31.4 Å². The smallest absolute Gasteiger partial charge is 0.261 e. The molecule has 4 bridgehead atoms. The number of hydrogen-bond donors (Lipinski definition) is 3. The summed E-state index contributed by atoms with van der Waals surface area (Å²) in [5.41, 5.74) is 2.87. The molecule has 4 fully saturated rings. The quantitative estimate of drug-likeness (QED) is 0.498. The second-order valence-corrected chi connectivity index (χ2v) is 12.7. The second kappa shape index (κ2) is 8.64. The molecule has 1 amide bonds. The molecule has 2 aromatic rings. The zero-order chi connectivity index (χ0) is 24.1. The van der Waals surface area contributed by atoms with E-state index < -0.39 is 10.0 Å². The van der Waals surface area contributed by atoms with Crippen LogP contribution < -0.4 is 15.4 Å². The van der Waals surface area contributed by atoms with Gasteiger partial charge in [0.25, 0.3) is 10.0 Å². The van der Waals surface area contributed by atoms with Crippen LogP contribution in [0.2, 0.25) is 0 Å². The predicted molar refractivity (Wildman–Crippen MR) is 138 cm³/mol. The largest absolute Gasteiger partial charge is 0.332 e. The van der Waals surface area contributed by atoms with Gasteiger partial charge in [0.2, 0.25) is 5.91 Å². The second-order valence-electron chi connectivity index (χ2n) is 10.6. The zero-order valence-electron chi connectivity index (χ0n) is 19.6. The fraction of sp³-hybridized carbons (Fsp3) is 0.462. The minimum absolute atomic E-state index is 0.0425. The molecule has 180 valence electrons. The highest BCUT2D eigenvalue weighted by molar-refractivity contribution is 7.92. The van der Waals surface area contributed by atoms with Gasteiger partial charge in [-0.3, -0.25) is 9.52 Å². The molecule has 0 heterocycles. The number of carbonyl (C=O) groups excluding carboxylic acids is 1. The first kappa shape index (κ1) is 23.3. The van der Waals surface area contributed by atoms with Crippen LogP contribution in [0.25, 0.3) is 0 Å². The van der Waals surface area contributed by atoms with Gasteiger partial charge < -0.3 is 10.6 Å². The molecule has 6 rings (SSSR count). The molecule has 0 radical (unpaired) electrons. The first-order chi connectivity index (χ1) is 16.1. The molecular weight excluding hydrogens is 466 g/mol. The minimum Gasteiger partial charge on any atom is -0.332 e. The maximum atomic E-state index is 13.2. The molecule has 0 aliphatic heterocycles. The van der Waals surface area contributed by atoms with Gasteiger partial charge in [0, 0.05) is 11.4 Å². The van der Waals surface area contributed by atoms with E-state index in [4.69, 9.17) is 12.2 Å². The fourth-order valence-corrected chi connectivity index (χ4v) is 8.00. The summed E-state index contributed by atoms with van der Waals surface area (Å²) in [5, 5.41) is 6.21. The lowest BCUT2D eigenvalue weighted by molar-refractivity contribution is -0.144. The van der Waals surface area contributed by atoms with Crippen molar-refractivity contribution in [2.75, 3.05) is 10.0 Å². The number of benzene rings is 2. The molecule has 4 saturated carbocycles. The lowest BCUT2D eigenvalue weighted by Crippen LogP contribution is -2.55. The highest BCUT2D eigenvalue weighted by atomic mass is 32.2. The topological polar surface area (TPSA) is 87.3 Å². The third kappa shape index (κ3) is 4.70. The lowest BCUT2D eigenvalue weighted by atomic mass is 9.49. The maximum absolute atomic E-state index is 13.2. The number of carbonyl (C=O) groups is 1. The number of aryl methyl sites for hydroxylation is 2. The first-order valence-corrected chi connectivity index (χ1v) is 13.8. The highest BCUT2D eigenvalue weighted by Crippen LogP contribution is 2.60. The molecule has 4 aliphatic rings. The Morgan fingerprint density at radius 3 is 1.94 bits per heavy atom. The molecule has 4 aliphatic carbocycles. The SMILES string of the molecule is Cc1cc(C)cc(NS(=O)(=O)c2ccc(NC(=S)NC(=O)C34CC5CC(CC(C5)C3)C4)cc2)c1. The zero-order valence-corrected chi connectivity index (χ0v) is 21.2. The normalized spacial score (nSPS) is 27.3. The van der Waals surface area contributed by atoms with Crippen LogP contribution in [0.15, 0.2) is 47.4 Å². The Balaban J connectivity index is 1.21. The molecule has 0 atom stereocenters. The van der Waals surface area contributed by atoms with Crippen LogP contribution in [0.3, 0.4) is 0 Å². The Morgan fingerprint density at radius 2 is 1.41 bits per heavy atom. The lowest BCUT2D eigenvalue weighted by Gasteiger charge is -2.55. The predicted octanol–water partition coefficient (Wildman–Crippen LogP) is 5.13. The van der Waals surface area contributed by atoms with Crippen molar-refractivity contribution >= 4 is 44.6 Å². The third-order valence-corrected chi connectivity index (χ3v) is 9.24. The van der Waals surface area contributed by atoms with Gasteiger partial charge in [-0.15, -0.1) is 0 Å². The summed E-state index contributed by atoms with van der Waals surface area (Å²) >= 11 is 5.41. The van der Waals surface area contributed by atoms with E-state index in [0.717, 1.165) is 30.4 Å². The van der Waals surface area contributed by atoms with Gasteiger partial charge in [-0.2, -0.15) is 0 Å². The van der Waals surface area contributed by atoms with Gasteiger partial charge in [0.05, 0.1) is 10.3 Å². The van der Waals surface area contributed by atoms with Crippen LogP contribution in [-0.4, -0.2) is 19.4 Å². The minimum atomic E-state index is -3.72. The number of rotatable bonds is 5. The molecule has 0 spiro atoms. The molecular formula is C26H31N3O3S2. The van der Waals surface area contributed by atoms with E-state index in [1.54, 1.807) is 24.3 Å². The number of sulfonamides is 1. The van der Waals surface area contributed by atoms with E-state index in [-0.39, 0.29) is 21.3 Å². The number of anilines is 2. The summed E-state index contributed by atoms with van der Waals surface area (Å²) in [6.07, 6.45) is 6.78. The van der Waals surface area contributed by atoms with Crippen molar-refractivity contribution in [1.29, 1.82) is 0 Å². The Kier molecular flexibility index (Phi) is 5.92. The van der Waals surface area contributed by atoms with E-state index in [9.17, 15) is 13.2 Å². The van der Waals surface area contributed by atoms with Gasteiger partial charge >= 0.3 is 0 Å². The molecule has 2 aromatic carbocycles. The average molecular weight is 498 g/mol. The van der Waals surface area contributed by atoms with E-state index in [1.807, 2.05) is 19.9 Å². The van der Waals surface area contributed by atoms with Crippen molar-refractivity contribution in [1.82, 2.24) is 5.32 Å². The Labute approximate surface area is 207 Å². The van der Waals surface area contributed by atoms with Gasteiger partial charge in [0.15, 0.2) is 5.11 Å². The first-order valence-electron chi connectivity index (χ1n) is 11.9. The van der Waals surface area contributed by atoms with Crippen molar-refractivity contribution < 1.29 is 13.2 Å². The highest BCUT2D eigenvalue weighted by Gasteiger charge is 2.54. The molecule has 8 heteroatoms. The molecule has 6 nitrogen and oxygen atoms in total. The Morgan fingerprint density at radius 1 is 0.882 bits per heavy atom. The van der Waals surface area contributed by atoms with Crippen LogP contribution >= 0.6 is 12.2 Å². The van der Waals surface area contributed by atoms with Crippen LogP contribution in [-0.2, 0) is 14.8 Å². The molecule has 3 N–H and O–H groups in total. The number of thiocarbonyl (C=S) groups is 1. The summed E-state index contributed by atoms with van der Waals surface area (Å²) in [5.74, 6) is 2.10. The van der Waals surface area contributed by atoms with Crippen LogP contribution in [0.1, 0.15) is 49.7 Å². The molecule has 0 saturated heterocycles. The average Bonchev–Trinajstić information content (AvgIpc) is 2.72. The van der Waals surface area contributed by atoms with E-state index in [2.05, 4.69) is 15.4 Å². The van der Waals surface area contributed by atoms with Crippen LogP contribution in [0.5, 0.6) is 0 Å². The molecule has 34 heavy (non-hydrogen) atoms. The number of nitrogens with one attached hydrogen (secondary N) is 3. The summed E-state index contributed by atoms with van der Waals surface area (Å²) in [7, 11) is -3.72. The summed E-state index contributed by atoms with van der Waals surface area (Å²) < 4.78 is 28.2. The number of amides is 1. The number of hydrogen-bond acceptors (Lipinski definition) is 4. The Bertz CT molecular complexity index is 1180. The summed E-state index contributed by atoms with van der Waals surface area (Å²) in [6, 6.07) is 11.9. The Hall–Kier alpha value is -2.45. The maximum Gasteiger partial charge on any atom is 0.261 e. The van der Waals surface area contributed by atoms with Gasteiger partial charge in [-0.1, -0.05) is 6.07 Å². The van der Waals surface area contributed by atoms with Crippen molar-refractivity contribution in [3.05, 3.63) is 53.6 Å². The summed E-state index contributed by atoms with van der Waals surface area (Å²) in [4.78, 5) is 13.3.